The molecular formula is C19H28BN9OPW. The van der Waals surface area contributed by atoms with Crippen molar-refractivity contribution in [2.45, 2.75) is 0 Å². The largest absolute Gasteiger partial charge is 2.00 e. The minimum absolute atomic E-state index is 0. The first-order valence-corrected chi connectivity index (χ1v) is 12.0. The standard InChI is InChI=1S/C9H9BN6.C7H10N2.C3H9P.NO.W/c1-4-11-14(7-1)10(15-8-2-5-12-15)16-9-3-6-13-16;1-9(2)7-5-3-4-6-8-7;1-4(2)3;1-2;/h1-9H;3-6H,1-2H3;1-3H3;;/q-1;;;-1;+2. The molecule has 32 heavy (non-hydrogen) atoms. The van der Waals surface area contributed by atoms with E-state index >= 15 is 0 Å². The van der Waals surface area contributed by atoms with Crippen LogP contribution in [0.1, 0.15) is 0 Å². The zero-order chi connectivity index (χ0) is 23.1. The van der Waals surface area contributed by atoms with Gasteiger partial charge in [0.2, 0.25) is 0 Å². The van der Waals surface area contributed by atoms with Crippen LogP contribution in [-0.4, -0.2) is 75.2 Å². The van der Waals surface area contributed by atoms with Crippen molar-refractivity contribution in [3.05, 3.63) is 97.9 Å². The summed E-state index contributed by atoms with van der Waals surface area (Å²) in [5.74, 6) is 0. The fraction of sp³-hybridized carbons (Fsp3) is 0.263. The molecule has 1 saturated heterocycles. The van der Waals surface area contributed by atoms with Gasteiger partial charge in [0.1, 0.15) is 6.17 Å². The number of nitroso groups, excluding NO2 is 1. The quantitative estimate of drug-likeness (QED) is 0.327. The Morgan fingerprint density at radius 2 is 1.25 bits per heavy atom. The van der Waals surface area contributed by atoms with Crippen molar-refractivity contribution < 1.29 is 21.1 Å². The monoisotopic (exact) mass is 624 g/mol. The van der Waals surface area contributed by atoms with Crippen LogP contribution in [0.4, 0.5) is 0 Å². The molecule has 0 aromatic carbocycles. The van der Waals surface area contributed by atoms with Crippen molar-refractivity contribution in [2.24, 2.45) is 0 Å². The predicted molar refractivity (Wildman–Crippen MR) is 126 cm³/mol. The van der Waals surface area contributed by atoms with Gasteiger partial charge in [-0.05, 0) is 83.7 Å². The van der Waals surface area contributed by atoms with E-state index in [-0.39, 0.29) is 28.2 Å². The van der Waals surface area contributed by atoms with Gasteiger partial charge in [-0.1, -0.05) is 0 Å². The van der Waals surface area contributed by atoms with Crippen molar-refractivity contribution in [1.82, 2.24) is 39.3 Å². The summed E-state index contributed by atoms with van der Waals surface area (Å²) in [6.45, 7) is 8.48. The molecule has 1 aliphatic rings. The molecule has 0 aliphatic carbocycles. The Hall–Kier alpha value is -1.67. The molecule has 0 saturated carbocycles. The third-order valence-electron chi connectivity index (χ3n) is 3.39. The van der Waals surface area contributed by atoms with Crippen LogP contribution < -0.4 is 5.32 Å². The SMILES string of the molecule is CN(C)[C]1[CH][CH][CH][CH][N]1.CP(C)C.[N-]=O.[W+2].c1cnn([B-](n2cccn2)n2cccn2)c1. The van der Waals surface area contributed by atoms with Crippen LogP contribution in [-0.2, 0) is 21.1 Å². The van der Waals surface area contributed by atoms with Gasteiger partial charge in [-0.2, -0.15) is 0 Å². The van der Waals surface area contributed by atoms with Crippen LogP contribution in [0.5, 0.6) is 0 Å². The Kier molecular flexibility index (Phi) is 16.9. The molecule has 13 heteroatoms. The summed E-state index contributed by atoms with van der Waals surface area (Å²) in [4.78, 5) is 9.22. The van der Waals surface area contributed by atoms with Gasteiger partial charge in [0.15, 0.2) is 0 Å². The summed E-state index contributed by atoms with van der Waals surface area (Å²) in [7, 11) is 4.13. The average Bonchev–Trinajstić information content (AvgIpc) is 3.55. The zero-order valence-corrected chi connectivity index (χ0v) is 22.7. The molecule has 10 nitrogen and oxygen atoms in total. The minimum Gasteiger partial charge on any atom is -0.577 e. The summed E-state index contributed by atoms with van der Waals surface area (Å²) >= 11 is 0. The van der Waals surface area contributed by atoms with Gasteiger partial charge in [0, 0.05) is 31.6 Å². The van der Waals surface area contributed by atoms with Crippen molar-refractivity contribution in [2.75, 3.05) is 34.1 Å². The van der Waals surface area contributed by atoms with Crippen molar-refractivity contribution in [3.63, 3.8) is 0 Å². The molecular weight excluding hydrogens is 596 g/mol. The average molecular weight is 624 g/mol. The van der Waals surface area contributed by atoms with Gasteiger partial charge in [-0.3, -0.25) is 4.90 Å². The minimum atomic E-state index is -0.194. The van der Waals surface area contributed by atoms with E-state index < -0.39 is 0 Å². The van der Waals surface area contributed by atoms with Crippen LogP contribution in [0.2, 0.25) is 0 Å². The molecule has 1 aliphatic heterocycles. The van der Waals surface area contributed by atoms with Gasteiger partial charge in [-0.15, -0.1) is 7.92 Å². The number of rotatable bonds is 4. The van der Waals surface area contributed by atoms with Crippen LogP contribution in [0.15, 0.2) is 55.4 Å². The van der Waals surface area contributed by atoms with Gasteiger partial charge < -0.3 is 24.3 Å². The second-order valence-corrected chi connectivity index (χ2v) is 9.41. The Morgan fingerprint density at radius 1 is 0.844 bits per heavy atom. The van der Waals surface area contributed by atoms with Gasteiger partial charge in [0.05, 0.1) is 0 Å². The summed E-state index contributed by atoms with van der Waals surface area (Å²) in [6, 6.07) is 5.62. The van der Waals surface area contributed by atoms with Gasteiger partial charge in [-0.25, -0.2) is 20.6 Å². The van der Waals surface area contributed by atoms with Gasteiger partial charge in [0.25, 0.3) is 7.12 Å². The summed E-state index contributed by atoms with van der Waals surface area (Å²) < 4.78 is 5.38. The number of nitrogens with zero attached hydrogens (tertiary/aromatic N) is 9. The Balaban J connectivity index is 0.000000514. The maximum Gasteiger partial charge on any atom is 2.00 e. The molecule has 0 unspecified atom stereocenters. The molecule has 4 heterocycles. The normalized spacial score (nSPS) is 13.2. The van der Waals surface area contributed by atoms with E-state index in [2.05, 4.69) is 40.6 Å². The number of hydrogen-bond donors (Lipinski definition) is 0. The molecule has 3 aromatic rings. The second-order valence-electron chi connectivity index (χ2n) is 6.73. The van der Waals surface area contributed by atoms with Crippen LogP contribution in [0.25, 0.3) is 5.59 Å². The van der Waals surface area contributed by atoms with Crippen molar-refractivity contribution in [3.8, 4) is 0 Å². The second kappa shape index (κ2) is 17.8. The first-order valence-electron chi connectivity index (χ1n) is 9.34. The molecule has 0 N–H and O–H groups in total. The molecule has 0 atom stereocenters. The first kappa shape index (κ1) is 30.3. The van der Waals surface area contributed by atoms with E-state index in [0.717, 1.165) is 6.17 Å². The smallest absolute Gasteiger partial charge is 0.577 e. The van der Waals surface area contributed by atoms with E-state index in [0.29, 0.717) is 7.92 Å². The maximum absolute atomic E-state index is 7.25. The van der Waals surface area contributed by atoms with E-state index in [1.54, 1.807) is 38.9 Å². The molecule has 7 radical (unpaired) electrons. The molecule has 1 fully saturated rings. The van der Waals surface area contributed by atoms with E-state index in [9.17, 15) is 0 Å². The Labute approximate surface area is 207 Å². The first-order chi connectivity index (χ1) is 15.0. The molecule has 0 amide bonds. The van der Waals surface area contributed by atoms with Crippen molar-refractivity contribution >= 4 is 15.0 Å². The fourth-order valence-electron chi connectivity index (χ4n) is 2.23. The molecule has 3 aromatic heterocycles. The predicted octanol–water partition coefficient (Wildman–Crippen LogP) is 2.31. The molecule has 4 rings (SSSR count). The molecule has 0 bridgehead atoms. The van der Waals surface area contributed by atoms with E-state index in [4.69, 9.17) is 10.5 Å². The third-order valence-corrected chi connectivity index (χ3v) is 3.39. The number of aromatic nitrogens is 6. The zero-order valence-electron chi connectivity index (χ0n) is 18.9. The topological polar surface area (TPSA) is 110 Å². The van der Waals surface area contributed by atoms with Crippen LogP contribution in [0.3, 0.4) is 0 Å². The summed E-state index contributed by atoms with van der Waals surface area (Å²) in [5.41, 5.74) is 5.75. The van der Waals surface area contributed by atoms with Crippen LogP contribution in [0, 0.1) is 36.9 Å². The fourth-order valence-corrected chi connectivity index (χ4v) is 2.23. The molecule has 169 valence electrons. The van der Waals surface area contributed by atoms with E-state index in [1.807, 2.05) is 75.0 Å². The van der Waals surface area contributed by atoms with Gasteiger partial charge >= 0.3 is 21.1 Å². The van der Waals surface area contributed by atoms with E-state index in [1.165, 1.54) is 0 Å². The maximum atomic E-state index is 7.25. The summed E-state index contributed by atoms with van der Waals surface area (Å²) in [5, 5.41) is 16.8. The Bertz CT molecular complexity index is 683. The van der Waals surface area contributed by atoms with Crippen molar-refractivity contribution in [1.29, 1.82) is 0 Å². The third kappa shape index (κ3) is 11.3. The Morgan fingerprint density at radius 3 is 1.47 bits per heavy atom. The van der Waals surface area contributed by atoms with Crippen LogP contribution >= 0.6 is 7.92 Å². The molecule has 0 spiro atoms. The summed E-state index contributed by atoms with van der Waals surface area (Å²) in [6.07, 6.45) is 17.7. The number of piperidine rings is 1. The number of hydrogen-bond acceptors (Lipinski definition) is 5.